The molecule has 0 atom stereocenters. The van der Waals surface area contributed by atoms with E-state index in [1.54, 1.807) is 7.05 Å². The van der Waals surface area contributed by atoms with Crippen molar-refractivity contribution in [3.63, 3.8) is 0 Å². The Morgan fingerprint density at radius 2 is 1.92 bits per heavy atom. The third-order valence-electron chi connectivity index (χ3n) is 4.61. The van der Waals surface area contributed by atoms with Crippen LogP contribution >= 0.6 is 35.6 Å². The van der Waals surface area contributed by atoms with Gasteiger partial charge >= 0.3 is 0 Å². The van der Waals surface area contributed by atoms with E-state index in [4.69, 9.17) is 16.0 Å². The number of nitrogens with zero attached hydrogens (tertiary/aromatic N) is 2. The summed E-state index contributed by atoms with van der Waals surface area (Å²) in [5.74, 6) is 2.28. The molecule has 1 fully saturated rings. The van der Waals surface area contributed by atoms with Crippen LogP contribution in [0.3, 0.4) is 0 Å². The lowest BCUT2D eigenvalue weighted by atomic mass is 9.96. The fourth-order valence-electron chi connectivity index (χ4n) is 2.77. The number of rotatable bonds is 5. The molecule has 0 bridgehead atoms. The number of oxazole rings is 1. The SMILES string of the molecule is CN=C(NCc1nc(C)c(C)o1)NCC1(c2ccc(Cl)cc2)CC1.I. The van der Waals surface area contributed by atoms with E-state index in [0.717, 1.165) is 29.0 Å². The summed E-state index contributed by atoms with van der Waals surface area (Å²) in [5.41, 5.74) is 2.45. The van der Waals surface area contributed by atoms with Crippen LogP contribution in [0.4, 0.5) is 0 Å². The monoisotopic (exact) mass is 474 g/mol. The average Bonchev–Trinajstić information content (AvgIpc) is 3.29. The zero-order valence-electron chi connectivity index (χ0n) is 14.7. The number of guanidine groups is 1. The van der Waals surface area contributed by atoms with Crippen molar-refractivity contribution in [1.29, 1.82) is 0 Å². The predicted molar refractivity (Wildman–Crippen MR) is 112 cm³/mol. The van der Waals surface area contributed by atoms with E-state index in [1.807, 2.05) is 26.0 Å². The van der Waals surface area contributed by atoms with Crippen LogP contribution in [-0.2, 0) is 12.0 Å². The molecule has 5 nitrogen and oxygen atoms in total. The zero-order valence-corrected chi connectivity index (χ0v) is 17.8. The van der Waals surface area contributed by atoms with Crippen molar-refractivity contribution in [1.82, 2.24) is 15.6 Å². The minimum absolute atomic E-state index is 0. The van der Waals surface area contributed by atoms with Gasteiger partial charge in [0.05, 0.1) is 12.2 Å². The fraction of sp³-hybridized carbons (Fsp3) is 0.444. The van der Waals surface area contributed by atoms with Crippen LogP contribution in [0.25, 0.3) is 0 Å². The quantitative estimate of drug-likeness (QED) is 0.391. The molecule has 2 N–H and O–H groups in total. The highest BCUT2D eigenvalue weighted by Gasteiger charge is 2.44. The standard InChI is InChI=1S/C18H23ClN4O.HI/c1-12-13(2)24-16(23-12)10-21-17(20-3)22-11-18(8-9-18)14-4-6-15(19)7-5-14;/h4-7H,8-11H2,1-3H3,(H2,20,21,22);1H. The van der Waals surface area contributed by atoms with E-state index in [2.05, 4.69) is 32.7 Å². The van der Waals surface area contributed by atoms with Crippen LogP contribution in [0.5, 0.6) is 0 Å². The highest BCUT2D eigenvalue weighted by atomic mass is 127. The van der Waals surface area contributed by atoms with Gasteiger partial charge < -0.3 is 15.1 Å². The van der Waals surface area contributed by atoms with E-state index >= 15 is 0 Å². The number of halogens is 2. The van der Waals surface area contributed by atoms with Gasteiger partial charge in [-0.1, -0.05) is 23.7 Å². The molecule has 0 spiro atoms. The molecule has 1 saturated carbocycles. The van der Waals surface area contributed by atoms with Crippen LogP contribution < -0.4 is 10.6 Å². The summed E-state index contributed by atoms with van der Waals surface area (Å²) in [6, 6.07) is 8.14. The maximum absolute atomic E-state index is 5.98. The predicted octanol–water partition coefficient (Wildman–Crippen LogP) is 3.96. The van der Waals surface area contributed by atoms with Gasteiger partial charge in [-0.15, -0.1) is 24.0 Å². The van der Waals surface area contributed by atoms with Crippen molar-refractivity contribution in [2.75, 3.05) is 13.6 Å². The Morgan fingerprint density at radius 1 is 1.24 bits per heavy atom. The molecular formula is C18H24ClIN4O. The Morgan fingerprint density at radius 3 is 2.44 bits per heavy atom. The molecule has 1 aromatic heterocycles. The fourth-order valence-corrected chi connectivity index (χ4v) is 2.90. The Balaban J connectivity index is 0.00000225. The molecule has 1 heterocycles. The first-order valence-corrected chi connectivity index (χ1v) is 8.54. The summed E-state index contributed by atoms with van der Waals surface area (Å²) in [6.45, 7) is 5.22. The molecular weight excluding hydrogens is 451 g/mol. The molecule has 0 amide bonds. The van der Waals surface area contributed by atoms with Crippen molar-refractivity contribution in [2.45, 2.75) is 38.6 Å². The van der Waals surface area contributed by atoms with Crippen molar-refractivity contribution < 1.29 is 4.42 Å². The molecule has 0 saturated heterocycles. The topological polar surface area (TPSA) is 62.5 Å². The highest BCUT2D eigenvalue weighted by Crippen LogP contribution is 2.47. The normalized spacial score (nSPS) is 15.4. The number of nitrogens with one attached hydrogen (secondary N) is 2. The first-order chi connectivity index (χ1) is 11.5. The highest BCUT2D eigenvalue weighted by molar-refractivity contribution is 14.0. The smallest absolute Gasteiger partial charge is 0.214 e. The Bertz CT molecular complexity index is 719. The number of benzene rings is 1. The van der Waals surface area contributed by atoms with Crippen LogP contribution in [0.15, 0.2) is 33.7 Å². The van der Waals surface area contributed by atoms with Gasteiger partial charge in [-0.2, -0.15) is 0 Å². The summed E-state index contributed by atoms with van der Waals surface area (Å²) in [4.78, 5) is 8.64. The van der Waals surface area contributed by atoms with Crippen molar-refractivity contribution in [3.8, 4) is 0 Å². The van der Waals surface area contributed by atoms with Gasteiger partial charge in [0.1, 0.15) is 5.76 Å². The first-order valence-electron chi connectivity index (χ1n) is 8.16. The Hall–Kier alpha value is -1.28. The van der Waals surface area contributed by atoms with Crippen molar-refractivity contribution in [3.05, 3.63) is 52.2 Å². The molecule has 1 aliphatic rings. The summed E-state index contributed by atoms with van der Waals surface area (Å²) in [5, 5.41) is 7.44. The maximum atomic E-state index is 5.98. The van der Waals surface area contributed by atoms with Crippen LogP contribution in [0.2, 0.25) is 5.02 Å². The lowest BCUT2D eigenvalue weighted by Gasteiger charge is -2.18. The van der Waals surface area contributed by atoms with Gasteiger partial charge in [-0.3, -0.25) is 4.99 Å². The second-order valence-electron chi connectivity index (χ2n) is 6.32. The number of aromatic nitrogens is 1. The molecule has 7 heteroatoms. The minimum Gasteiger partial charge on any atom is -0.444 e. The van der Waals surface area contributed by atoms with Crippen molar-refractivity contribution >= 4 is 41.5 Å². The lowest BCUT2D eigenvalue weighted by molar-refractivity contribution is 0.463. The van der Waals surface area contributed by atoms with E-state index < -0.39 is 0 Å². The van der Waals surface area contributed by atoms with E-state index in [-0.39, 0.29) is 29.4 Å². The summed E-state index contributed by atoms with van der Waals surface area (Å²) >= 11 is 5.98. The Kier molecular flexibility index (Phi) is 6.73. The maximum Gasteiger partial charge on any atom is 0.214 e. The molecule has 2 aromatic rings. The van der Waals surface area contributed by atoms with Gasteiger partial charge in [0.25, 0.3) is 0 Å². The molecule has 136 valence electrons. The minimum atomic E-state index is 0. The van der Waals surface area contributed by atoms with Gasteiger partial charge in [0.15, 0.2) is 5.96 Å². The molecule has 0 aliphatic heterocycles. The van der Waals surface area contributed by atoms with E-state index in [9.17, 15) is 0 Å². The van der Waals surface area contributed by atoms with E-state index in [1.165, 1.54) is 18.4 Å². The lowest BCUT2D eigenvalue weighted by Crippen LogP contribution is -2.40. The summed E-state index contributed by atoms with van der Waals surface area (Å²) in [6.07, 6.45) is 2.35. The van der Waals surface area contributed by atoms with Crippen molar-refractivity contribution in [2.24, 2.45) is 4.99 Å². The van der Waals surface area contributed by atoms with Crippen LogP contribution in [-0.4, -0.2) is 24.5 Å². The van der Waals surface area contributed by atoms with Gasteiger partial charge in [-0.25, -0.2) is 4.98 Å². The molecule has 0 unspecified atom stereocenters. The first kappa shape index (κ1) is 20.0. The van der Waals surface area contributed by atoms with Gasteiger partial charge in [-0.05, 0) is 44.4 Å². The number of hydrogen-bond acceptors (Lipinski definition) is 3. The second-order valence-corrected chi connectivity index (χ2v) is 6.75. The molecule has 0 radical (unpaired) electrons. The number of aryl methyl sites for hydroxylation is 2. The molecule has 3 rings (SSSR count). The van der Waals surface area contributed by atoms with Crippen LogP contribution in [0.1, 0.15) is 35.7 Å². The number of hydrogen-bond donors (Lipinski definition) is 2. The largest absolute Gasteiger partial charge is 0.444 e. The summed E-state index contributed by atoms with van der Waals surface area (Å²) < 4.78 is 5.58. The molecule has 1 aliphatic carbocycles. The molecule has 1 aromatic carbocycles. The Labute approximate surface area is 170 Å². The number of aliphatic imine (C=N–C) groups is 1. The average molecular weight is 475 g/mol. The summed E-state index contributed by atoms with van der Waals surface area (Å²) in [7, 11) is 1.77. The van der Waals surface area contributed by atoms with Gasteiger partial charge in [0.2, 0.25) is 5.89 Å². The second kappa shape index (κ2) is 8.40. The third kappa shape index (κ3) is 4.88. The van der Waals surface area contributed by atoms with E-state index in [0.29, 0.717) is 12.4 Å². The van der Waals surface area contributed by atoms with Crippen LogP contribution in [0, 0.1) is 13.8 Å². The van der Waals surface area contributed by atoms with Gasteiger partial charge in [0, 0.05) is 24.0 Å². The molecule has 25 heavy (non-hydrogen) atoms. The third-order valence-corrected chi connectivity index (χ3v) is 4.86. The zero-order chi connectivity index (χ0) is 17.2.